The third-order valence-electron chi connectivity index (χ3n) is 0.283. The van der Waals surface area contributed by atoms with Crippen molar-refractivity contribution in [2.45, 2.75) is 0 Å². The van der Waals surface area contributed by atoms with Crippen LogP contribution < -0.4 is 0 Å². The number of nitrogens with zero attached hydrogens (tertiary/aromatic N) is 2. The van der Waals surface area contributed by atoms with Gasteiger partial charge in [-0.2, -0.15) is 13.5 Å². The van der Waals surface area contributed by atoms with Crippen molar-refractivity contribution in [2.75, 3.05) is 0 Å². The highest BCUT2D eigenvalue weighted by Gasteiger charge is 1.61. The summed E-state index contributed by atoms with van der Waals surface area (Å²) in [6, 6.07) is 0. The molecule has 34 valence electrons. The van der Waals surface area contributed by atoms with Crippen molar-refractivity contribution in [2.24, 2.45) is 0 Å². The van der Waals surface area contributed by atoms with Gasteiger partial charge in [0.15, 0.2) is 0 Å². The molecule has 1 aromatic rings. The summed E-state index contributed by atoms with van der Waals surface area (Å²) in [5.41, 5.74) is 0. The normalized spacial score (nSPS) is 6.67. The van der Waals surface area contributed by atoms with Crippen molar-refractivity contribution >= 4 is 13.5 Å². The van der Waals surface area contributed by atoms with Crippen LogP contribution in [0.3, 0.4) is 0 Å². The van der Waals surface area contributed by atoms with E-state index in [0.717, 1.165) is 0 Å². The van der Waals surface area contributed by atoms with Crippen molar-refractivity contribution in [3.8, 4) is 0 Å². The van der Waals surface area contributed by atoms with Gasteiger partial charge < -0.3 is 0 Å². The standard InChI is InChI=1S/C2H2N2O.H2S/c1-2-4-5-3-1;/h1-2H;1H2. The molecule has 4 heteroatoms. The van der Waals surface area contributed by atoms with E-state index < -0.39 is 0 Å². The fraction of sp³-hybridized carbons (Fsp3) is 0. The van der Waals surface area contributed by atoms with Gasteiger partial charge in [-0.25, -0.2) is 4.63 Å². The first kappa shape index (κ1) is 5.49. The van der Waals surface area contributed by atoms with E-state index in [0.29, 0.717) is 0 Å². The summed E-state index contributed by atoms with van der Waals surface area (Å²) >= 11 is 0. The quantitative estimate of drug-likeness (QED) is 0.471. The summed E-state index contributed by atoms with van der Waals surface area (Å²) in [7, 11) is 0. The lowest BCUT2D eigenvalue weighted by Crippen LogP contribution is -1.44. The second-order valence-electron chi connectivity index (χ2n) is 0.591. The molecule has 0 aliphatic heterocycles. The van der Waals surface area contributed by atoms with E-state index in [1.807, 2.05) is 0 Å². The third-order valence-corrected chi connectivity index (χ3v) is 0.283. The van der Waals surface area contributed by atoms with E-state index >= 15 is 0 Å². The van der Waals surface area contributed by atoms with E-state index in [1.54, 1.807) is 0 Å². The lowest BCUT2D eigenvalue weighted by atomic mass is 11.0. The molecule has 3 nitrogen and oxygen atoms in total. The monoisotopic (exact) mass is 104 g/mol. The molecule has 0 radical (unpaired) electrons. The average Bonchev–Trinajstić information content (AvgIpc) is 1.76. The summed E-state index contributed by atoms with van der Waals surface area (Å²) in [6.45, 7) is 0. The Morgan fingerprint density at radius 2 is 1.67 bits per heavy atom. The Kier molecular flexibility index (Phi) is 2.48. The van der Waals surface area contributed by atoms with Crippen LogP contribution in [0.1, 0.15) is 0 Å². The van der Waals surface area contributed by atoms with Crippen molar-refractivity contribution in [1.29, 1.82) is 0 Å². The minimum Gasteiger partial charge on any atom is -0.245 e. The minimum absolute atomic E-state index is 0. The molecule has 0 aromatic carbocycles. The summed E-state index contributed by atoms with van der Waals surface area (Å²) in [5.74, 6) is 0. The molecular formula is C2H4N2OS. The SMILES string of the molecule is S.c1cnon1. The predicted octanol–water partition coefficient (Wildman–Crippen LogP) is 0.182. The first-order valence-electron chi connectivity index (χ1n) is 1.21. The molecule has 1 aromatic heterocycles. The van der Waals surface area contributed by atoms with Crippen LogP contribution in [0, 0.1) is 0 Å². The van der Waals surface area contributed by atoms with Crippen LogP contribution in [-0.4, -0.2) is 10.3 Å². The Hall–Kier alpha value is -0.510. The molecule has 0 saturated heterocycles. The molecule has 0 aliphatic carbocycles. The van der Waals surface area contributed by atoms with E-state index in [1.165, 1.54) is 12.4 Å². The topological polar surface area (TPSA) is 38.9 Å². The Balaban J connectivity index is 0.000000250. The van der Waals surface area contributed by atoms with Crippen LogP contribution in [-0.2, 0) is 0 Å². The maximum absolute atomic E-state index is 4.08. The highest BCUT2D eigenvalue weighted by atomic mass is 32.1. The smallest absolute Gasteiger partial charge is 0.0913 e. The lowest BCUT2D eigenvalue weighted by Gasteiger charge is -1.45. The maximum Gasteiger partial charge on any atom is 0.0913 e. The Morgan fingerprint density at radius 1 is 1.17 bits per heavy atom. The molecule has 1 heterocycles. The lowest BCUT2D eigenvalue weighted by molar-refractivity contribution is 0.307. The van der Waals surface area contributed by atoms with Crippen molar-refractivity contribution in [3.05, 3.63) is 12.4 Å². The first-order chi connectivity index (χ1) is 2.50. The molecule has 0 spiro atoms. The molecule has 0 aliphatic rings. The minimum atomic E-state index is 0. The molecule has 0 bridgehead atoms. The predicted molar refractivity (Wildman–Crippen MR) is 24.7 cm³/mol. The van der Waals surface area contributed by atoms with Gasteiger partial charge in [0.2, 0.25) is 0 Å². The van der Waals surface area contributed by atoms with Gasteiger partial charge in [-0.15, -0.1) is 0 Å². The van der Waals surface area contributed by atoms with Crippen molar-refractivity contribution in [1.82, 2.24) is 10.3 Å². The summed E-state index contributed by atoms with van der Waals surface area (Å²) in [4.78, 5) is 0. The number of hydrogen-bond donors (Lipinski definition) is 0. The molecule has 6 heavy (non-hydrogen) atoms. The molecule has 0 saturated carbocycles. The van der Waals surface area contributed by atoms with Crippen molar-refractivity contribution in [3.63, 3.8) is 0 Å². The van der Waals surface area contributed by atoms with E-state index in [9.17, 15) is 0 Å². The number of rotatable bonds is 0. The first-order valence-corrected chi connectivity index (χ1v) is 1.21. The summed E-state index contributed by atoms with van der Waals surface area (Å²) < 4.78 is 4.08. The second kappa shape index (κ2) is 2.71. The number of aromatic nitrogens is 2. The zero-order valence-electron chi connectivity index (χ0n) is 2.96. The van der Waals surface area contributed by atoms with Gasteiger partial charge in [0.1, 0.15) is 0 Å². The van der Waals surface area contributed by atoms with Crippen LogP contribution in [0.25, 0.3) is 0 Å². The Bertz CT molecular complexity index is 68.0. The van der Waals surface area contributed by atoms with Gasteiger partial charge in [-0.1, -0.05) is 10.3 Å². The maximum atomic E-state index is 4.08. The molecule has 0 unspecified atom stereocenters. The zero-order valence-corrected chi connectivity index (χ0v) is 3.96. The fourth-order valence-electron chi connectivity index (χ4n) is 0.136. The van der Waals surface area contributed by atoms with E-state index in [4.69, 9.17) is 0 Å². The van der Waals surface area contributed by atoms with E-state index in [2.05, 4.69) is 14.9 Å². The van der Waals surface area contributed by atoms with Crippen LogP contribution in [0.4, 0.5) is 0 Å². The summed E-state index contributed by atoms with van der Waals surface area (Å²) in [6.07, 6.45) is 2.94. The number of hydrogen-bond acceptors (Lipinski definition) is 3. The molecule has 1 rings (SSSR count). The van der Waals surface area contributed by atoms with Crippen LogP contribution in [0.15, 0.2) is 17.0 Å². The fourth-order valence-corrected chi connectivity index (χ4v) is 0.136. The van der Waals surface area contributed by atoms with Crippen LogP contribution in [0.2, 0.25) is 0 Å². The van der Waals surface area contributed by atoms with Gasteiger partial charge in [0.25, 0.3) is 0 Å². The third kappa shape index (κ3) is 1.07. The highest BCUT2D eigenvalue weighted by Crippen LogP contribution is 1.62. The summed E-state index contributed by atoms with van der Waals surface area (Å²) in [5, 5.41) is 6.47. The zero-order chi connectivity index (χ0) is 3.54. The van der Waals surface area contributed by atoms with Gasteiger partial charge in [-0.05, 0) is 0 Å². The molecule has 0 N–H and O–H groups in total. The van der Waals surface area contributed by atoms with Crippen molar-refractivity contribution < 1.29 is 4.63 Å². The molecule has 0 amide bonds. The Morgan fingerprint density at radius 3 is 1.83 bits per heavy atom. The van der Waals surface area contributed by atoms with Gasteiger partial charge in [-0.3, -0.25) is 0 Å². The van der Waals surface area contributed by atoms with Crippen LogP contribution >= 0.6 is 13.5 Å². The van der Waals surface area contributed by atoms with E-state index in [-0.39, 0.29) is 13.5 Å². The molecule has 0 fully saturated rings. The second-order valence-corrected chi connectivity index (χ2v) is 0.591. The van der Waals surface area contributed by atoms with Gasteiger partial charge in [0, 0.05) is 0 Å². The largest absolute Gasteiger partial charge is 0.245 e. The van der Waals surface area contributed by atoms with Crippen LogP contribution in [0.5, 0.6) is 0 Å². The molecular weight excluding hydrogens is 100 g/mol. The average molecular weight is 104 g/mol. The molecule has 0 atom stereocenters. The Labute approximate surface area is 41.8 Å². The van der Waals surface area contributed by atoms with Gasteiger partial charge in [0.05, 0.1) is 12.4 Å². The van der Waals surface area contributed by atoms with Gasteiger partial charge >= 0.3 is 0 Å². The highest BCUT2D eigenvalue weighted by molar-refractivity contribution is 7.59.